The summed E-state index contributed by atoms with van der Waals surface area (Å²) >= 11 is 0. The minimum absolute atomic E-state index is 0.0975. The molecule has 0 spiro atoms. The van der Waals surface area contributed by atoms with Crippen molar-refractivity contribution in [2.45, 2.75) is 0 Å². The Hall–Kier alpha value is -1.72. The minimum atomic E-state index is -1.81. The van der Waals surface area contributed by atoms with Crippen LogP contribution in [0.1, 0.15) is 10.4 Å². The molecule has 0 saturated heterocycles. The molecule has 76 valence electrons. The van der Waals surface area contributed by atoms with Gasteiger partial charge in [0.2, 0.25) is 11.6 Å². The van der Waals surface area contributed by atoms with Gasteiger partial charge in [-0.3, -0.25) is 4.79 Å². The molecule has 0 fully saturated rings. The van der Waals surface area contributed by atoms with Gasteiger partial charge in [-0.15, -0.1) is 0 Å². The number of rotatable bonds is 2. The van der Waals surface area contributed by atoms with Gasteiger partial charge in [0.25, 0.3) is 0 Å². The molecule has 0 aliphatic heterocycles. The number of ether oxygens (including phenoxy) is 1. The standard InChI is InChI=1S/C8H5F3O3/c1-14-8-3(2-12)4(9)5(10)7(13)6(8)11/h2,13H,1H3. The number of phenols is 1. The van der Waals surface area contributed by atoms with E-state index in [0.29, 0.717) is 0 Å². The van der Waals surface area contributed by atoms with E-state index >= 15 is 0 Å². The molecule has 6 heteroatoms. The van der Waals surface area contributed by atoms with Crippen LogP contribution in [0.2, 0.25) is 0 Å². The number of halogens is 3. The summed E-state index contributed by atoms with van der Waals surface area (Å²) in [5, 5.41) is 8.73. The van der Waals surface area contributed by atoms with Crippen molar-refractivity contribution in [3.8, 4) is 11.5 Å². The molecule has 1 aromatic rings. The highest BCUT2D eigenvalue weighted by molar-refractivity contribution is 5.80. The summed E-state index contributed by atoms with van der Waals surface area (Å²) in [5.41, 5.74) is -0.903. The van der Waals surface area contributed by atoms with Crippen LogP contribution in [0.3, 0.4) is 0 Å². The van der Waals surface area contributed by atoms with Crippen molar-refractivity contribution in [1.29, 1.82) is 0 Å². The van der Waals surface area contributed by atoms with Gasteiger partial charge >= 0.3 is 0 Å². The summed E-state index contributed by atoms with van der Waals surface area (Å²) in [4.78, 5) is 10.3. The zero-order chi connectivity index (χ0) is 10.9. The quantitative estimate of drug-likeness (QED) is 0.590. The number of hydrogen-bond acceptors (Lipinski definition) is 3. The first-order chi connectivity index (χ1) is 6.54. The van der Waals surface area contributed by atoms with Crippen molar-refractivity contribution in [3.63, 3.8) is 0 Å². The van der Waals surface area contributed by atoms with Gasteiger partial charge in [-0.1, -0.05) is 0 Å². The molecule has 14 heavy (non-hydrogen) atoms. The Morgan fingerprint density at radius 3 is 2.21 bits per heavy atom. The van der Waals surface area contributed by atoms with Crippen LogP contribution < -0.4 is 4.74 Å². The Morgan fingerprint density at radius 2 is 1.79 bits per heavy atom. The average molecular weight is 206 g/mol. The fourth-order valence-corrected chi connectivity index (χ4v) is 0.949. The van der Waals surface area contributed by atoms with Gasteiger partial charge in [-0.2, -0.15) is 8.78 Å². The topological polar surface area (TPSA) is 46.5 Å². The first-order valence-corrected chi connectivity index (χ1v) is 3.43. The molecule has 0 radical (unpaired) electrons. The van der Waals surface area contributed by atoms with Crippen LogP contribution in [-0.2, 0) is 0 Å². The predicted octanol–water partition coefficient (Wildman–Crippen LogP) is 1.63. The zero-order valence-electron chi connectivity index (χ0n) is 6.97. The lowest BCUT2D eigenvalue weighted by atomic mass is 10.1. The van der Waals surface area contributed by atoms with Crippen molar-refractivity contribution in [1.82, 2.24) is 0 Å². The molecule has 1 rings (SSSR count). The monoisotopic (exact) mass is 206 g/mol. The largest absolute Gasteiger partial charge is 0.503 e. The summed E-state index contributed by atoms with van der Waals surface area (Å²) < 4.78 is 42.8. The van der Waals surface area contributed by atoms with E-state index in [2.05, 4.69) is 4.74 Å². The molecular formula is C8H5F3O3. The Morgan fingerprint density at radius 1 is 1.21 bits per heavy atom. The molecule has 0 amide bonds. The van der Waals surface area contributed by atoms with Crippen molar-refractivity contribution in [2.75, 3.05) is 7.11 Å². The smallest absolute Gasteiger partial charge is 0.210 e. The summed E-state index contributed by atoms with van der Waals surface area (Å²) in [6.45, 7) is 0. The maximum Gasteiger partial charge on any atom is 0.210 e. The number of phenolic OH excluding ortho intramolecular Hbond substituents is 1. The summed E-state index contributed by atoms with van der Waals surface area (Å²) in [5.74, 6) is -7.30. The van der Waals surface area contributed by atoms with E-state index in [-0.39, 0.29) is 6.29 Å². The highest BCUT2D eigenvalue weighted by atomic mass is 19.2. The second-order valence-corrected chi connectivity index (χ2v) is 2.36. The Balaban J connectivity index is 3.65. The number of hydrogen-bond donors (Lipinski definition) is 1. The Labute approximate surface area is 76.7 Å². The van der Waals surface area contributed by atoms with Gasteiger partial charge in [-0.25, -0.2) is 4.39 Å². The molecule has 0 heterocycles. The van der Waals surface area contributed by atoms with E-state index in [1.54, 1.807) is 0 Å². The molecule has 0 bridgehead atoms. The van der Waals surface area contributed by atoms with Gasteiger partial charge in [0.1, 0.15) is 0 Å². The van der Waals surface area contributed by atoms with E-state index in [1.807, 2.05) is 0 Å². The van der Waals surface area contributed by atoms with Crippen LogP contribution >= 0.6 is 0 Å². The maximum atomic E-state index is 12.9. The lowest BCUT2D eigenvalue weighted by Crippen LogP contribution is -2.02. The first kappa shape index (κ1) is 10.4. The van der Waals surface area contributed by atoms with Gasteiger partial charge in [-0.05, 0) is 0 Å². The van der Waals surface area contributed by atoms with Crippen molar-refractivity contribution in [2.24, 2.45) is 0 Å². The Kier molecular flexibility index (Phi) is 2.64. The summed E-state index contributed by atoms with van der Waals surface area (Å²) in [7, 11) is 0.961. The second-order valence-electron chi connectivity index (χ2n) is 2.36. The van der Waals surface area contributed by atoms with Gasteiger partial charge < -0.3 is 9.84 Å². The predicted molar refractivity (Wildman–Crippen MR) is 39.9 cm³/mol. The minimum Gasteiger partial charge on any atom is -0.503 e. The first-order valence-electron chi connectivity index (χ1n) is 3.43. The lowest BCUT2D eigenvalue weighted by Gasteiger charge is -2.08. The average Bonchev–Trinajstić information content (AvgIpc) is 2.20. The third-order valence-electron chi connectivity index (χ3n) is 1.61. The van der Waals surface area contributed by atoms with E-state index in [1.165, 1.54) is 0 Å². The highest BCUT2D eigenvalue weighted by Gasteiger charge is 2.24. The molecule has 0 atom stereocenters. The van der Waals surface area contributed by atoms with E-state index in [0.717, 1.165) is 7.11 Å². The van der Waals surface area contributed by atoms with E-state index in [4.69, 9.17) is 5.11 Å². The maximum absolute atomic E-state index is 12.9. The number of aldehydes is 1. The second kappa shape index (κ2) is 3.57. The zero-order valence-corrected chi connectivity index (χ0v) is 6.97. The van der Waals surface area contributed by atoms with Crippen LogP contribution in [0.5, 0.6) is 11.5 Å². The molecule has 0 aromatic heterocycles. The molecule has 0 aliphatic carbocycles. The van der Waals surface area contributed by atoms with Crippen LogP contribution in [0, 0.1) is 17.5 Å². The normalized spacial score (nSPS) is 10.0. The van der Waals surface area contributed by atoms with Crippen LogP contribution in [0.15, 0.2) is 0 Å². The lowest BCUT2D eigenvalue weighted by molar-refractivity contribution is 0.111. The summed E-state index contributed by atoms with van der Waals surface area (Å²) in [6, 6.07) is 0. The fraction of sp³-hybridized carbons (Fsp3) is 0.125. The number of aromatic hydroxyl groups is 1. The van der Waals surface area contributed by atoms with Gasteiger partial charge in [0.15, 0.2) is 23.6 Å². The molecule has 3 nitrogen and oxygen atoms in total. The van der Waals surface area contributed by atoms with Crippen molar-refractivity contribution >= 4 is 6.29 Å². The summed E-state index contributed by atoms with van der Waals surface area (Å²) in [6.07, 6.45) is -0.0975. The van der Waals surface area contributed by atoms with Crippen LogP contribution in [-0.4, -0.2) is 18.5 Å². The highest BCUT2D eigenvalue weighted by Crippen LogP contribution is 2.33. The molecule has 1 aromatic carbocycles. The molecule has 0 saturated carbocycles. The van der Waals surface area contributed by atoms with Gasteiger partial charge in [0, 0.05) is 0 Å². The number of methoxy groups -OCH3 is 1. The molecular weight excluding hydrogens is 201 g/mol. The van der Waals surface area contributed by atoms with Crippen molar-refractivity contribution < 1.29 is 27.8 Å². The molecule has 0 aliphatic rings. The number of carbonyl (C=O) groups excluding carboxylic acids is 1. The third kappa shape index (κ3) is 1.28. The van der Waals surface area contributed by atoms with Crippen LogP contribution in [0.25, 0.3) is 0 Å². The third-order valence-corrected chi connectivity index (χ3v) is 1.61. The SMILES string of the molecule is COc1c(F)c(O)c(F)c(F)c1C=O. The molecule has 0 unspecified atom stereocenters. The molecule has 1 N–H and O–H groups in total. The van der Waals surface area contributed by atoms with E-state index in [9.17, 15) is 18.0 Å². The van der Waals surface area contributed by atoms with E-state index < -0.39 is 34.5 Å². The Bertz CT molecular complexity index is 390. The number of benzene rings is 1. The van der Waals surface area contributed by atoms with Crippen molar-refractivity contribution in [3.05, 3.63) is 23.0 Å². The number of carbonyl (C=O) groups is 1. The van der Waals surface area contributed by atoms with Gasteiger partial charge in [0.05, 0.1) is 12.7 Å². The fourth-order valence-electron chi connectivity index (χ4n) is 0.949. The van der Waals surface area contributed by atoms with Crippen LogP contribution in [0.4, 0.5) is 13.2 Å².